The second kappa shape index (κ2) is 8.35. The predicted molar refractivity (Wildman–Crippen MR) is 126 cm³/mol. The van der Waals surface area contributed by atoms with Gasteiger partial charge in [0.05, 0.1) is 17.4 Å². The van der Waals surface area contributed by atoms with Crippen molar-refractivity contribution in [2.24, 2.45) is 0 Å². The summed E-state index contributed by atoms with van der Waals surface area (Å²) in [5.41, 5.74) is 3.68. The first-order chi connectivity index (χ1) is 16.0. The molecule has 0 amide bonds. The number of para-hydroxylation sites is 1. The van der Waals surface area contributed by atoms with Crippen LogP contribution in [0.2, 0.25) is 0 Å². The van der Waals surface area contributed by atoms with Gasteiger partial charge in [-0.25, -0.2) is 4.79 Å². The first kappa shape index (κ1) is 20.6. The maximum Gasteiger partial charge on any atom is 0.332 e. The Balaban J connectivity index is 1.60. The number of hydrogen-bond donors (Lipinski definition) is 0. The highest BCUT2D eigenvalue weighted by Crippen LogP contribution is 2.20. The Kier molecular flexibility index (Phi) is 5.22. The van der Waals surface area contributed by atoms with Gasteiger partial charge in [0.2, 0.25) is 11.7 Å². The molecule has 2 heterocycles. The smallest absolute Gasteiger partial charge is 0.332 e. The Hall–Kier alpha value is -4.26. The highest BCUT2D eigenvalue weighted by Gasteiger charge is 2.17. The van der Waals surface area contributed by atoms with Gasteiger partial charge in [-0.2, -0.15) is 4.98 Å². The number of aromatic nitrogens is 4. The molecule has 0 saturated heterocycles. The molecule has 2 aromatic heterocycles. The molecule has 0 aliphatic carbocycles. The lowest BCUT2D eigenvalue weighted by Crippen LogP contribution is -2.40. The van der Waals surface area contributed by atoms with Crippen molar-refractivity contribution < 1.29 is 4.52 Å². The van der Waals surface area contributed by atoms with E-state index in [-0.39, 0.29) is 18.6 Å². The van der Waals surface area contributed by atoms with E-state index < -0.39 is 5.69 Å². The molecule has 33 heavy (non-hydrogen) atoms. The Morgan fingerprint density at radius 3 is 2.33 bits per heavy atom. The summed E-state index contributed by atoms with van der Waals surface area (Å²) in [4.78, 5) is 31.1. The standard InChI is InChI=1S/C26H22N4O3/c1-17-11-13-19(14-12-17)15-30-25(31)21-9-5-6-10-22(21)29(26(30)32)16-23-27-24(28-33-23)20-8-4-3-7-18(20)2/h3-14H,15-16H2,1-2H3. The Labute approximate surface area is 189 Å². The van der Waals surface area contributed by atoms with E-state index >= 15 is 0 Å². The van der Waals surface area contributed by atoms with Crippen molar-refractivity contribution in [3.8, 4) is 11.4 Å². The van der Waals surface area contributed by atoms with Gasteiger partial charge in [0.15, 0.2) is 0 Å². The summed E-state index contributed by atoms with van der Waals surface area (Å²) in [6, 6.07) is 22.6. The van der Waals surface area contributed by atoms with Crippen molar-refractivity contribution in [3.05, 3.63) is 116 Å². The number of aryl methyl sites for hydroxylation is 2. The van der Waals surface area contributed by atoms with Gasteiger partial charge in [0.25, 0.3) is 5.56 Å². The average Bonchev–Trinajstić information content (AvgIpc) is 3.29. The molecule has 0 bridgehead atoms. The van der Waals surface area contributed by atoms with Crippen LogP contribution < -0.4 is 11.2 Å². The number of fused-ring (bicyclic) bond motifs is 1. The van der Waals surface area contributed by atoms with E-state index in [9.17, 15) is 9.59 Å². The van der Waals surface area contributed by atoms with Crippen LogP contribution in [-0.2, 0) is 13.1 Å². The molecule has 0 aliphatic rings. The SMILES string of the molecule is Cc1ccc(Cn2c(=O)c3ccccc3n(Cc3nc(-c4ccccc4C)no3)c2=O)cc1. The molecule has 0 aliphatic heterocycles. The molecule has 164 valence electrons. The van der Waals surface area contributed by atoms with Crippen LogP contribution in [0.5, 0.6) is 0 Å². The summed E-state index contributed by atoms with van der Waals surface area (Å²) >= 11 is 0. The fourth-order valence-electron chi connectivity index (χ4n) is 3.93. The largest absolute Gasteiger partial charge is 0.337 e. The molecule has 0 fully saturated rings. The van der Waals surface area contributed by atoms with Crippen molar-refractivity contribution >= 4 is 10.9 Å². The van der Waals surface area contributed by atoms with Crippen molar-refractivity contribution in [1.29, 1.82) is 0 Å². The molecule has 0 saturated carbocycles. The Morgan fingerprint density at radius 2 is 1.55 bits per heavy atom. The summed E-state index contributed by atoms with van der Waals surface area (Å²) in [6.45, 7) is 4.21. The lowest BCUT2D eigenvalue weighted by molar-refractivity contribution is 0.369. The summed E-state index contributed by atoms with van der Waals surface area (Å²) in [6.07, 6.45) is 0. The maximum absolute atomic E-state index is 13.4. The molecular formula is C26H22N4O3. The van der Waals surface area contributed by atoms with E-state index in [0.29, 0.717) is 22.6 Å². The molecule has 3 aromatic carbocycles. The lowest BCUT2D eigenvalue weighted by Gasteiger charge is -2.13. The second-order valence-electron chi connectivity index (χ2n) is 8.09. The Bertz CT molecular complexity index is 1580. The highest BCUT2D eigenvalue weighted by molar-refractivity contribution is 5.77. The highest BCUT2D eigenvalue weighted by atomic mass is 16.5. The minimum Gasteiger partial charge on any atom is -0.337 e. The minimum atomic E-state index is -0.421. The van der Waals surface area contributed by atoms with Crippen LogP contribution in [0.3, 0.4) is 0 Å². The van der Waals surface area contributed by atoms with Crippen molar-refractivity contribution in [1.82, 2.24) is 19.3 Å². The van der Waals surface area contributed by atoms with Crippen LogP contribution in [0.1, 0.15) is 22.6 Å². The van der Waals surface area contributed by atoms with E-state index in [1.165, 1.54) is 9.13 Å². The van der Waals surface area contributed by atoms with Crippen LogP contribution in [0, 0.1) is 13.8 Å². The molecule has 5 aromatic rings. The third-order valence-electron chi connectivity index (χ3n) is 5.74. The fraction of sp³-hybridized carbons (Fsp3) is 0.154. The van der Waals surface area contributed by atoms with Crippen LogP contribution in [0.4, 0.5) is 0 Å². The van der Waals surface area contributed by atoms with E-state index in [2.05, 4.69) is 10.1 Å². The number of nitrogens with zero attached hydrogens (tertiary/aromatic N) is 4. The molecule has 7 heteroatoms. The summed E-state index contributed by atoms with van der Waals surface area (Å²) in [5.74, 6) is 0.759. The van der Waals surface area contributed by atoms with Gasteiger partial charge in [-0.05, 0) is 37.1 Å². The summed E-state index contributed by atoms with van der Waals surface area (Å²) in [7, 11) is 0. The topological polar surface area (TPSA) is 82.9 Å². The van der Waals surface area contributed by atoms with E-state index in [4.69, 9.17) is 4.52 Å². The number of benzene rings is 3. The maximum atomic E-state index is 13.4. The molecule has 0 radical (unpaired) electrons. The van der Waals surface area contributed by atoms with Gasteiger partial charge in [0.1, 0.15) is 6.54 Å². The fourth-order valence-corrected chi connectivity index (χ4v) is 3.93. The lowest BCUT2D eigenvalue weighted by atomic mass is 10.1. The normalized spacial score (nSPS) is 11.2. The van der Waals surface area contributed by atoms with Gasteiger partial charge in [0, 0.05) is 5.56 Å². The van der Waals surface area contributed by atoms with E-state index in [1.54, 1.807) is 24.3 Å². The zero-order valence-electron chi connectivity index (χ0n) is 18.4. The number of hydrogen-bond acceptors (Lipinski definition) is 5. The van der Waals surface area contributed by atoms with Crippen LogP contribution in [0.25, 0.3) is 22.3 Å². The molecule has 0 atom stereocenters. The average molecular weight is 438 g/mol. The molecule has 7 nitrogen and oxygen atoms in total. The minimum absolute atomic E-state index is 0.0619. The van der Waals surface area contributed by atoms with Crippen LogP contribution in [-0.4, -0.2) is 19.3 Å². The second-order valence-corrected chi connectivity index (χ2v) is 8.09. The zero-order valence-corrected chi connectivity index (χ0v) is 18.4. The molecule has 0 spiro atoms. The first-order valence-electron chi connectivity index (χ1n) is 10.7. The third kappa shape index (κ3) is 3.89. The number of rotatable bonds is 5. The molecule has 0 N–H and O–H groups in total. The van der Waals surface area contributed by atoms with Crippen LogP contribution in [0.15, 0.2) is 86.9 Å². The van der Waals surface area contributed by atoms with E-state index in [0.717, 1.165) is 22.3 Å². The monoisotopic (exact) mass is 438 g/mol. The van der Waals surface area contributed by atoms with Gasteiger partial charge < -0.3 is 4.52 Å². The van der Waals surface area contributed by atoms with Crippen LogP contribution >= 0.6 is 0 Å². The Morgan fingerprint density at radius 1 is 0.818 bits per heavy atom. The third-order valence-corrected chi connectivity index (χ3v) is 5.74. The molecule has 0 unspecified atom stereocenters. The molecular weight excluding hydrogens is 416 g/mol. The predicted octanol–water partition coefficient (Wildman–Crippen LogP) is 3.93. The quantitative estimate of drug-likeness (QED) is 0.415. The van der Waals surface area contributed by atoms with Crippen molar-refractivity contribution in [3.63, 3.8) is 0 Å². The van der Waals surface area contributed by atoms with Crippen molar-refractivity contribution in [2.45, 2.75) is 26.9 Å². The van der Waals surface area contributed by atoms with Gasteiger partial charge in [-0.3, -0.25) is 13.9 Å². The summed E-state index contributed by atoms with van der Waals surface area (Å²) in [5, 5.41) is 4.56. The van der Waals surface area contributed by atoms with Gasteiger partial charge in [-0.1, -0.05) is 71.4 Å². The first-order valence-corrected chi connectivity index (χ1v) is 10.7. The zero-order chi connectivity index (χ0) is 22.9. The van der Waals surface area contributed by atoms with Crippen molar-refractivity contribution in [2.75, 3.05) is 0 Å². The molecule has 5 rings (SSSR count). The van der Waals surface area contributed by atoms with E-state index in [1.807, 2.05) is 62.4 Å². The van der Waals surface area contributed by atoms with Gasteiger partial charge in [-0.15, -0.1) is 0 Å². The van der Waals surface area contributed by atoms with Gasteiger partial charge >= 0.3 is 5.69 Å². The summed E-state index contributed by atoms with van der Waals surface area (Å²) < 4.78 is 8.24.